The molecule has 0 atom stereocenters. The number of nitrogens with two attached hydrogens (primary N) is 1. The van der Waals surface area contributed by atoms with E-state index in [1.54, 1.807) is 0 Å². The average molecular weight is 263 g/mol. The summed E-state index contributed by atoms with van der Waals surface area (Å²) in [6, 6.07) is 16.6. The van der Waals surface area contributed by atoms with Crippen LogP contribution in [0, 0.1) is 0 Å². The minimum atomic E-state index is 0. The van der Waals surface area contributed by atoms with Gasteiger partial charge in [0.2, 0.25) is 0 Å². The van der Waals surface area contributed by atoms with E-state index in [1.165, 1.54) is 16.7 Å². The summed E-state index contributed by atoms with van der Waals surface area (Å²) in [7, 11) is 0. The number of halogens is 1. The van der Waals surface area contributed by atoms with Crippen molar-refractivity contribution < 1.29 is 0 Å². The number of aryl methyl sites for hydroxylation is 1. The molecule has 96 valence electrons. The second-order valence-electron chi connectivity index (χ2n) is 4.10. The van der Waals surface area contributed by atoms with E-state index in [0.717, 1.165) is 18.5 Å². The van der Waals surface area contributed by atoms with E-state index < -0.39 is 0 Å². The quantitative estimate of drug-likeness (QED) is 0.645. The molecule has 0 spiro atoms. The predicted molar refractivity (Wildman–Crippen MR) is 80.9 cm³/mol. The maximum absolute atomic E-state index is 5.60. The molecule has 0 amide bonds. The van der Waals surface area contributed by atoms with Crippen molar-refractivity contribution in [3.8, 4) is 11.1 Å². The molecular formula is C15H19ClN2. The van der Waals surface area contributed by atoms with E-state index >= 15 is 0 Å². The maximum atomic E-state index is 5.60. The lowest BCUT2D eigenvalue weighted by molar-refractivity contribution is 0.923. The Balaban J connectivity index is 0.00000162. The van der Waals surface area contributed by atoms with Gasteiger partial charge in [-0.15, -0.1) is 12.4 Å². The lowest BCUT2D eigenvalue weighted by Crippen LogP contribution is -2.09. The fourth-order valence-electron chi connectivity index (χ4n) is 2.14. The van der Waals surface area contributed by atoms with Gasteiger partial charge in [0.15, 0.2) is 0 Å². The number of hydrogen-bond donors (Lipinski definition) is 2. The highest BCUT2D eigenvalue weighted by atomic mass is 35.5. The van der Waals surface area contributed by atoms with Crippen LogP contribution < -0.4 is 11.3 Å². The van der Waals surface area contributed by atoms with Gasteiger partial charge in [-0.25, -0.2) is 0 Å². The van der Waals surface area contributed by atoms with Crippen LogP contribution in [0.15, 0.2) is 48.5 Å². The fourth-order valence-corrected chi connectivity index (χ4v) is 2.14. The van der Waals surface area contributed by atoms with Gasteiger partial charge in [0, 0.05) is 5.56 Å². The van der Waals surface area contributed by atoms with Crippen LogP contribution in [0.5, 0.6) is 0 Å². The van der Waals surface area contributed by atoms with E-state index in [0.29, 0.717) is 0 Å². The van der Waals surface area contributed by atoms with Crippen molar-refractivity contribution in [3.05, 3.63) is 54.1 Å². The summed E-state index contributed by atoms with van der Waals surface area (Å²) in [6.07, 6.45) is 2.20. The van der Waals surface area contributed by atoms with Gasteiger partial charge in [-0.05, 0) is 23.6 Å². The summed E-state index contributed by atoms with van der Waals surface area (Å²) >= 11 is 0. The number of anilines is 1. The molecule has 0 heterocycles. The zero-order chi connectivity index (χ0) is 12.1. The van der Waals surface area contributed by atoms with Gasteiger partial charge in [-0.1, -0.05) is 55.8 Å². The van der Waals surface area contributed by atoms with Crippen LogP contribution in [0.3, 0.4) is 0 Å². The average Bonchev–Trinajstić information content (AvgIpc) is 2.40. The van der Waals surface area contributed by atoms with Crippen molar-refractivity contribution in [2.45, 2.75) is 19.8 Å². The van der Waals surface area contributed by atoms with Crippen molar-refractivity contribution in [3.63, 3.8) is 0 Å². The molecule has 0 aliphatic heterocycles. The molecule has 0 fully saturated rings. The largest absolute Gasteiger partial charge is 0.324 e. The molecule has 2 rings (SSSR count). The van der Waals surface area contributed by atoms with E-state index in [4.69, 9.17) is 5.84 Å². The number of nitrogens with one attached hydrogen (secondary N) is 1. The van der Waals surface area contributed by atoms with E-state index in [2.05, 4.69) is 42.7 Å². The lowest BCUT2D eigenvalue weighted by Gasteiger charge is -2.14. The van der Waals surface area contributed by atoms with Crippen LogP contribution in [0.1, 0.15) is 18.9 Å². The Kier molecular flexibility index (Phi) is 5.69. The Morgan fingerprint density at radius 2 is 1.72 bits per heavy atom. The number of hydrogen-bond acceptors (Lipinski definition) is 2. The molecule has 0 aliphatic rings. The zero-order valence-electron chi connectivity index (χ0n) is 10.5. The second-order valence-corrected chi connectivity index (χ2v) is 4.10. The smallest absolute Gasteiger partial charge is 0.0566 e. The van der Waals surface area contributed by atoms with E-state index in [-0.39, 0.29) is 12.4 Å². The minimum absolute atomic E-state index is 0. The molecule has 3 N–H and O–H groups in total. The van der Waals surface area contributed by atoms with E-state index in [9.17, 15) is 0 Å². The Morgan fingerprint density at radius 1 is 1.00 bits per heavy atom. The molecule has 0 aromatic heterocycles. The summed E-state index contributed by atoms with van der Waals surface area (Å²) in [4.78, 5) is 0. The zero-order valence-corrected chi connectivity index (χ0v) is 11.3. The highest BCUT2D eigenvalue weighted by Crippen LogP contribution is 2.31. The lowest BCUT2D eigenvalue weighted by atomic mass is 9.95. The summed E-state index contributed by atoms with van der Waals surface area (Å²) in [6.45, 7) is 2.19. The van der Waals surface area contributed by atoms with Gasteiger partial charge in [0.25, 0.3) is 0 Å². The molecule has 0 bridgehead atoms. The van der Waals surface area contributed by atoms with Crippen molar-refractivity contribution in [1.82, 2.24) is 0 Å². The molecule has 3 heteroatoms. The SMILES string of the molecule is CCCc1cccc(NN)c1-c1ccccc1.Cl. The standard InChI is InChI=1S/C15H18N2.ClH/c1-2-7-12-10-6-11-14(17-16)15(12)13-8-4-3-5-9-13;/h3-6,8-11,17H,2,7,16H2,1H3;1H. The minimum Gasteiger partial charge on any atom is -0.324 e. The Labute approximate surface area is 115 Å². The molecule has 0 saturated carbocycles. The highest BCUT2D eigenvalue weighted by Gasteiger charge is 2.08. The summed E-state index contributed by atoms with van der Waals surface area (Å²) in [5.41, 5.74) is 7.56. The summed E-state index contributed by atoms with van der Waals surface area (Å²) in [5, 5.41) is 0. The van der Waals surface area contributed by atoms with Crippen molar-refractivity contribution in [2.24, 2.45) is 5.84 Å². The van der Waals surface area contributed by atoms with Crippen LogP contribution >= 0.6 is 12.4 Å². The molecule has 0 saturated heterocycles. The first-order valence-electron chi connectivity index (χ1n) is 6.00. The first-order valence-corrected chi connectivity index (χ1v) is 6.00. The molecule has 2 aromatic carbocycles. The van der Waals surface area contributed by atoms with Crippen LogP contribution in [0.4, 0.5) is 5.69 Å². The topological polar surface area (TPSA) is 38.0 Å². The van der Waals surface area contributed by atoms with Gasteiger partial charge >= 0.3 is 0 Å². The third kappa shape index (κ3) is 3.03. The molecule has 0 aliphatic carbocycles. The third-order valence-corrected chi connectivity index (χ3v) is 2.89. The van der Waals surface area contributed by atoms with Gasteiger partial charge < -0.3 is 5.43 Å². The monoisotopic (exact) mass is 262 g/mol. The Hall–Kier alpha value is -1.51. The first kappa shape index (κ1) is 14.6. The Bertz CT molecular complexity index is 483. The number of rotatable bonds is 4. The Morgan fingerprint density at radius 3 is 2.33 bits per heavy atom. The number of benzene rings is 2. The van der Waals surface area contributed by atoms with Gasteiger partial charge in [-0.3, -0.25) is 5.84 Å². The summed E-state index contributed by atoms with van der Waals surface area (Å²) < 4.78 is 0. The third-order valence-electron chi connectivity index (χ3n) is 2.89. The van der Waals surface area contributed by atoms with Gasteiger partial charge in [-0.2, -0.15) is 0 Å². The van der Waals surface area contributed by atoms with Crippen molar-refractivity contribution in [2.75, 3.05) is 5.43 Å². The van der Waals surface area contributed by atoms with Gasteiger partial charge in [0.1, 0.15) is 0 Å². The number of nitrogen functional groups attached to an aromatic ring is 1. The second kappa shape index (κ2) is 7.04. The van der Waals surface area contributed by atoms with Crippen LogP contribution in [-0.4, -0.2) is 0 Å². The van der Waals surface area contributed by atoms with Gasteiger partial charge in [0.05, 0.1) is 5.69 Å². The first-order chi connectivity index (χ1) is 8.36. The normalized spacial score (nSPS) is 9.67. The molecule has 0 radical (unpaired) electrons. The van der Waals surface area contributed by atoms with Crippen molar-refractivity contribution >= 4 is 18.1 Å². The number of hydrazine groups is 1. The maximum Gasteiger partial charge on any atom is 0.0566 e. The fraction of sp³-hybridized carbons (Fsp3) is 0.200. The van der Waals surface area contributed by atoms with Crippen molar-refractivity contribution in [1.29, 1.82) is 0 Å². The summed E-state index contributed by atoms with van der Waals surface area (Å²) in [5.74, 6) is 5.60. The molecule has 18 heavy (non-hydrogen) atoms. The van der Waals surface area contributed by atoms with Crippen LogP contribution in [0.2, 0.25) is 0 Å². The van der Waals surface area contributed by atoms with Crippen LogP contribution in [0.25, 0.3) is 11.1 Å². The molecule has 2 aromatic rings. The molecular weight excluding hydrogens is 244 g/mol. The molecule has 2 nitrogen and oxygen atoms in total. The molecule has 0 unspecified atom stereocenters. The van der Waals surface area contributed by atoms with Crippen LogP contribution in [-0.2, 0) is 6.42 Å². The predicted octanol–water partition coefficient (Wildman–Crippen LogP) is 4.01. The highest BCUT2D eigenvalue weighted by molar-refractivity contribution is 5.85. The van der Waals surface area contributed by atoms with E-state index in [1.807, 2.05) is 18.2 Å².